The topological polar surface area (TPSA) is 25.8 Å². The summed E-state index contributed by atoms with van der Waals surface area (Å²) in [7, 11) is 0. The molecule has 14 heavy (non-hydrogen) atoms. The third kappa shape index (κ3) is 1.93. The van der Waals surface area contributed by atoms with Gasteiger partial charge in [-0.2, -0.15) is 0 Å². The minimum Gasteiger partial charge on any atom is -0.137 e. The number of halogens is 3. The zero-order valence-electron chi connectivity index (χ0n) is 6.67. The number of hydrogen-bond acceptors (Lipinski definition) is 3. The third-order valence-electron chi connectivity index (χ3n) is 1.58. The van der Waals surface area contributed by atoms with E-state index in [0.717, 1.165) is 5.56 Å². The highest BCUT2D eigenvalue weighted by atomic mass is 79.9. The number of rotatable bonds is 1. The highest BCUT2D eigenvalue weighted by Gasteiger charge is 2.12. The van der Waals surface area contributed by atoms with Crippen molar-refractivity contribution in [1.29, 1.82) is 0 Å². The van der Waals surface area contributed by atoms with Gasteiger partial charge in [0.2, 0.25) is 0 Å². The summed E-state index contributed by atoms with van der Waals surface area (Å²) in [5.41, 5.74) is 0.735. The van der Waals surface area contributed by atoms with Gasteiger partial charge < -0.3 is 0 Å². The number of nitrogens with zero attached hydrogens (tertiary/aromatic N) is 2. The maximum atomic E-state index is 6.01. The molecule has 0 bridgehead atoms. The van der Waals surface area contributed by atoms with E-state index in [-0.39, 0.29) is 0 Å². The Labute approximate surface area is 103 Å². The molecule has 0 unspecified atom stereocenters. The fourth-order valence-corrected chi connectivity index (χ4v) is 2.88. The molecule has 0 aliphatic carbocycles. The van der Waals surface area contributed by atoms with Gasteiger partial charge in [-0.1, -0.05) is 40.6 Å². The molecule has 2 aromatic rings. The zero-order valence-corrected chi connectivity index (χ0v) is 10.6. The molecule has 1 aromatic heterocycles. The normalized spacial score (nSPS) is 10.5. The quantitative estimate of drug-likeness (QED) is 0.786. The van der Waals surface area contributed by atoms with E-state index < -0.39 is 0 Å². The van der Waals surface area contributed by atoms with Gasteiger partial charge in [0, 0.05) is 5.56 Å². The Morgan fingerprint density at radius 1 is 1.14 bits per heavy atom. The van der Waals surface area contributed by atoms with Crippen LogP contribution < -0.4 is 0 Å². The van der Waals surface area contributed by atoms with Gasteiger partial charge in [0.05, 0.1) is 10.0 Å². The molecule has 0 atom stereocenters. The molecule has 0 fully saturated rings. The van der Waals surface area contributed by atoms with Crippen LogP contribution in [0.4, 0.5) is 0 Å². The van der Waals surface area contributed by atoms with Crippen LogP contribution in [0.1, 0.15) is 0 Å². The van der Waals surface area contributed by atoms with Crippen molar-refractivity contribution in [2.45, 2.75) is 0 Å². The number of benzene rings is 1. The molecule has 1 heterocycles. The molecule has 0 amide bonds. The average Bonchev–Trinajstić information content (AvgIpc) is 2.51. The molecule has 1 aromatic carbocycles. The molecular formula is C8H3BrCl2N2S. The SMILES string of the molecule is Clc1cccc(Cl)c1-c1nnc(Br)s1. The predicted octanol–water partition coefficient (Wildman–Crippen LogP) is 4.27. The van der Waals surface area contributed by atoms with Gasteiger partial charge in [0.1, 0.15) is 0 Å². The molecule has 0 saturated carbocycles. The summed E-state index contributed by atoms with van der Waals surface area (Å²) in [6, 6.07) is 5.35. The van der Waals surface area contributed by atoms with E-state index in [9.17, 15) is 0 Å². The second-order valence-corrected chi connectivity index (χ2v) is 5.52. The van der Waals surface area contributed by atoms with Gasteiger partial charge in [-0.15, -0.1) is 10.2 Å². The predicted molar refractivity (Wildman–Crippen MR) is 63.1 cm³/mol. The minimum atomic E-state index is 0.584. The Morgan fingerprint density at radius 3 is 2.29 bits per heavy atom. The van der Waals surface area contributed by atoms with Gasteiger partial charge in [-0.25, -0.2) is 0 Å². The van der Waals surface area contributed by atoms with E-state index in [4.69, 9.17) is 23.2 Å². The largest absolute Gasteiger partial charge is 0.183 e. The van der Waals surface area contributed by atoms with Crippen molar-refractivity contribution in [3.63, 3.8) is 0 Å². The van der Waals surface area contributed by atoms with E-state index in [0.29, 0.717) is 19.0 Å². The number of hydrogen-bond donors (Lipinski definition) is 0. The van der Waals surface area contributed by atoms with Crippen LogP contribution in [0.25, 0.3) is 10.6 Å². The lowest BCUT2D eigenvalue weighted by atomic mass is 10.2. The Morgan fingerprint density at radius 2 is 1.79 bits per heavy atom. The van der Waals surface area contributed by atoms with Crippen LogP contribution in [-0.4, -0.2) is 10.2 Å². The summed E-state index contributed by atoms with van der Waals surface area (Å²) >= 11 is 16.7. The smallest absolute Gasteiger partial charge is 0.137 e. The van der Waals surface area contributed by atoms with Crippen molar-refractivity contribution in [2.24, 2.45) is 0 Å². The van der Waals surface area contributed by atoms with E-state index in [1.165, 1.54) is 11.3 Å². The highest BCUT2D eigenvalue weighted by molar-refractivity contribution is 9.11. The first-order valence-corrected chi connectivity index (χ1v) is 5.98. The van der Waals surface area contributed by atoms with Crippen LogP contribution in [0.5, 0.6) is 0 Å². The monoisotopic (exact) mass is 308 g/mol. The van der Waals surface area contributed by atoms with Crippen LogP contribution in [0.15, 0.2) is 22.1 Å². The van der Waals surface area contributed by atoms with Gasteiger partial charge in [0.15, 0.2) is 8.92 Å². The first-order chi connectivity index (χ1) is 6.68. The number of aromatic nitrogens is 2. The lowest BCUT2D eigenvalue weighted by molar-refractivity contribution is 1.08. The summed E-state index contributed by atoms with van der Waals surface area (Å²) in [4.78, 5) is 0. The van der Waals surface area contributed by atoms with Crippen molar-refractivity contribution < 1.29 is 0 Å². The van der Waals surface area contributed by atoms with Crippen molar-refractivity contribution in [2.75, 3.05) is 0 Å². The highest BCUT2D eigenvalue weighted by Crippen LogP contribution is 2.36. The van der Waals surface area contributed by atoms with Crippen LogP contribution in [0, 0.1) is 0 Å². The fraction of sp³-hybridized carbons (Fsp3) is 0. The summed E-state index contributed by atoms with van der Waals surface area (Å²) in [6.07, 6.45) is 0. The maximum absolute atomic E-state index is 6.01. The first kappa shape index (κ1) is 10.4. The lowest BCUT2D eigenvalue weighted by Gasteiger charge is -2.00. The van der Waals surface area contributed by atoms with Crippen molar-refractivity contribution in [3.05, 3.63) is 32.2 Å². The second kappa shape index (κ2) is 4.14. The van der Waals surface area contributed by atoms with E-state index in [1.807, 2.05) is 0 Å². The standard InChI is InChI=1S/C8H3BrCl2N2S/c9-8-13-12-7(14-8)6-4(10)2-1-3-5(6)11/h1-3H. The average molecular weight is 310 g/mol. The fourth-order valence-electron chi connectivity index (χ4n) is 1.01. The minimum absolute atomic E-state index is 0.584. The Hall–Kier alpha value is -0.160. The summed E-state index contributed by atoms with van der Waals surface area (Å²) in [6.45, 7) is 0. The lowest BCUT2D eigenvalue weighted by Crippen LogP contribution is -1.80. The van der Waals surface area contributed by atoms with Crippen molar-refractivity contribution in [3.8, 4) is 10.6 Å². The van der Waals surface area contributed by atoms with Crippen molar-refractivity contribution >= 4 is 50.5 Å². The van der Waals surface area contributed by atoms with Crippen molar-refractivity contribution in [1.82, 2.24) is 10.2 Å². The van der Waals surface area contributed by atoms with Crippen LogP contribution in [0.2, 0.25) is 10.0 Å². The van der Waals surface area contributed by atoms with Crippen LogP contribution >= 0.6 is 50.5 Å². The third-order valence-corrected chi connectivity index (χ3v) is 3.58. The Balaban J connectivity index is 2.61. The van der Waals surface area contributed by atoms with E-state index in [1.54, 1.807) is 18.2 Å². The summed E-state index contributed by atoms with van der Waals surface area (Å²) in [5, 5.41) is 9.69. The molecular weight excluding hydrogens is 307 g/mol. The molecule has 0 saturated heterocycles. The zero-order chi connectivity index (χ0) is 10.1. The molecule has 0 spiro atoms. The summed E-state index contributed by atoms with van der Waals surface area (Å²) in [5.74, 6) is 0. The molecule has 6 heteroatoms. The molecule has 0 N–H and O–H groups in total. The van der Waals surface area contributed by atoms with Gasteiger partial charge in [-0.05, 0) is 28.1 Å². The molecule has 0 aliphatic rings. The van der Waals surface area contributed by atoms with Gasteiger partial charge in [-0.3, -0.25) is 0 Å². The van der Waals surface area contributed by atoms with Crippen LogP contribution in [-0.2, 0) is 0 Å². The van der Waals surface area contributed by atoms with E-state index >= 15 is 0 Å². The molecule has 2 nitrogen and oxygen atoms in total. The van der Waals surface area contributed by atoms with Gasteiger partial charge >= 0.3 is 0 Å². The van der Waals surface area contributed by atoms with Gasteiger partial charge in [0.25, 0.3) is 0 Å². The molecule has 2 rings (SSSR count). The molecule has 0 radical (unpaired) electrons. The molecule has 72 valence electrons. The van der Waals surface area contributed by atoms with E-state index in [2.05, 4.69) is 26.1 Å². The first-order valence-electron chi connectivity index (χ1n) is 3.62. The van der Waals surface area contributed by atoms with Crippen LogP contribution in [0.3, 0.4) is 0 Å². The Kier molecular flexibility index (Phi) is 3.07. The summed E-state index contributed by atoms with van der Waals surface area (Å²) < 4.78 is 0.712. The maximum Gasteiger partial charge on any atom is 0.183 e. The molecule has 0 aliphatic heterocycles. The second-order valence-electron chi connectivity index (χ2n) is 2.46. The Bertz CT molecular complexity index is 452.